The fourth-order valence-electron chi connectivity index (χ4n) is 2.10. The van der Waals surface area contributed by atoms with E-state index in [2.05, 4.69) is 47.5 Å². The van der Waals surface area contributed by atoms with Gasteiger partial charge in [0, 0.05) is 12.8 Å². The van der Waals surface area contributed by atoms with Crippen LogP contribution in [0.5, 0.6) is 5.75 Å². The molecule has 0 amide bonds. The van der Waals surface area contributed by atoms with Gasteiger partial charge in [0.15, 0.2) is 0 Å². The molecule has 4 heteroatoms. The van der Waals surface area contributed by atoms with Gasteiger partial charge in [0.1, 0.15) is 11.9 Å². The standard InChI is InChI=1S/C24H28O4/c1-3-4-5-6-7-8-9-10-11-12-13-22(25)18-19-28-23-16-14-21(15-17-23)20-24(26)27-2/h4-5,10-11,14-17,22,25H,3,6-7,18-20H2,1-2H3/b5-4-,11-10-. The van der Waals surface area contributed by atoms with E-state index in [0.717, 1.165) is 24.8 Å². The number of ether oxygens (including phenoxy) is 2. The Kier molecular flexibility index (Phi) is 12.5. The van der Waals surface area contributed by atoms with Gasteiger partial charge in [0.2, 0.25) is 0 Å². The second kappa shape index (κ2) is 15.1. The summed E-state index contributed by atoms with van der Waals surface area (Å²) in [5.41, 5.74) is 0.859. The van der Waals surface area contributed by atoms with Crippen molar-refractivity contribution >= 4 is 5.97 Å². The summed E-state index contributed by atoms with van der Waals surface area (Å²) in [6, 6.07) is 7.20. The van der Waals surface area contributed by atoms with Crippen molar-refractivity contribution in [3.63, 3.8) is 0 Å². The first kappa shape index (κ1) is 23.1. The van der Waals surface area contributed by atoms with Gasteiger partial charge in [-0.05, 0) is 42.7 Å². The van der Waals surface area contributed by atoms with E-state index in [1.165, 1.54) is 7.11 Å². The van der Waals surface area contributed by atoms with E-state index >= 15 is 0 Å². The molecule has 0 heterocycles. The van der Waals surface area contributed by atoms with Crippen molar-refractivity contribution in [2.75, 3.05) is 13.7 Å². The molecule has 4 nitrogen and oxygen atoms in total. The Bertz CT molecular complexity index is 752. The van der Waals surface area contributed by atoms with Crippen molar-refractivity contribution in [3.05, 3.63) is 54.1 Å². The van der Waals surface area contributed by atoms with Crippen LogP contribution in [0, 0.1) is 23.7 Å². The molecule has 0 spiro atoms. The van der Waals surface area contributed by atoms with Crippen LogP contribution in [-0.4, -0.2) is 30.9 Å². The van der Waals surface area contributed by atoms with Crippen LogP contribution in [0.15, 0.2) is 48.6 Å². The Morgan fingerprint density at radius 3 is 2.64 bits per heavy atom. The molecule has 1 rings (SSSR count). The molecule has 1 unspecified atom stereocenters. The molecule has 0 aliphatic carbocycles. The summed E-state index contributed by atoms with van der Waals surface area (Å²) in [6.07, 6.45) is 10.3. The highest BCUT2D eigenvalue weighted by molar-refractivity contribution is 5.72. The molecule has 1 aromatic rings. The van der Waals surface area contributed by atoms with Gasteiger partial charge in [-0.15, -0.1) is 0 Å². The molecule has 28 heavy (non-hydrogen) atoms. The van der Waals surface area contributed by atoms with Crippen LogP contribution >= 0.6 is 0 Å². The summed E-state index contributed by atoms with van der Waals surface area (Å²) >= 11 is 0. The Morgan fingerprint density at radius 2 is 1.93 bits per heavy atom. The summed E-state index contributed by atoms with van der Waals surface area (Å²) in [5, 5.41) is 9.84. The van der Waals surface area contributed by atoms with Crippen LogP contribution < -0.4 is 4.74 Å². The molecule has 0 aliphatic heterocycles. The number of unbranched alkanes of at least 4 members (excludes halogenated alkanes) is 1. The minimum Gasteiger partial charge on any atom is -0.493 e. The molecule has 0 aromatic heterocycles. The predicted octanol–water partition coefficient (Wildman–Crippen LogP) is 3.84. The Balaban J connectivity index is 2.25. The van der Waals surface area contributed by atoms with E-state index in [4.69, 9.17) is 4.74 Å². The molecule has 0 saturated carbocycles. The van der Waals surface area contributed by atoms with Crippen molar-refractivity contribution in [2.24, 2.45) is 0 Å². The van der Waals surface area contributed by atoms with Gasteiger partial charge in [-0.2, -0.15) is 0 Å². The van der Waals surface area contributed by atoms with E-state index in [9.17, 15) is 9.90 Å². The Hall–Kier alpha value is -2.95. The van der Waals surface area contributed by atoms with Crippen LogP contribution in [-0.2, 0) is 16.0 Å². The van der Waals surface area contributed by atoms with Gasteiger partial charge in [0.25, 0.3) is 0 Å². The Labute approximate surface area is 168 Å². The number of carbonyl (C=O) groups is 1. The lowest BCUT2D eigenvalue weighted by Crippen LogP contribution is -2.09. The lowest BCUT2D eigenvalue weighted by atomic mass is 10.1. The van der Waals surface area contributed by atoms with Crippen molar-refractivity contribution in [3.8, 4) is 29.4 Å². The van der Waals surface area contributed by atoms with Crippen LogP contribution in [0.3, 0.4) is 0 Å². The average Bonchev–Trinajstić information content (AvgIpc) is 2.70. The summed E-state index contributed by atoms with van der Waals surface area (Å²) in [4.78, 5) is 11.2. The van der Waals surface area contributed by atoms with E-state index in [0.29, 0.717) is 18.8 Å². The molecule has 0 radical (unpaired) electrons. The van der Waals surface area contributed by atoms with Gasteiger partial charge in [-0.3, -0.25) is 4.79 Å². The smallest absolute Gasteiger partial charge is 0.309 e. The second-order valence-electron chi connectivity index (χ2n) is 5.91. The lowest BCUT2D eigenvalue weighted by Gasteiger charge is -2.08. The van der Waals surface area contributed by atoms with E-state index in [1.54, 1.807) is 24.3 Å². The SMILES string of the molecule is CC/C=C\CCC#C/C=C\C#CC(O)CCOc1ccc(CC(=O)OC)cc1. The molecular formula is C24H28O4. The van der Waals surface area contributed by atoms with E-state index in [1.807, 2.05) is 12.1 Å². The van der Waals surface area contributed by atoms with Crippen molar-refractivity contribution in [1.82, 2.24) is 0 Å². The second-order valence-corrected chi connectivity index (χ2v) is 5.91. The molecule has 1 aromatic carbocycles. The maximum Gasteiger partial charge on any atom is 0.309 e. The maximum absolute atomic E-state index is 11.2. The monoisotopic (exact) mass is 380 g/mol. The fourth-order valence-corrected chi connectivity index (χ4v) is 2.10. The number of allylic oxidation sites excluding steroid dienone is 4. The maximum atomic E-state index is 11.2. The number of esters is 1. The van der Waals surface area contributed by atoms with Crippen molar-refractivity contribution in [2.45, 2.75) is 45.1 Å². The van der Waals surface area contributed by atoms with Crippen LogP contribution in [0.4, 0.5) is 0 Å². The first-order chi connectivity index (χ1) is 13.7. The summed E-state index contributed by atoms with van der Waals surface area (Å²) < 4.78 is 10.2. The number of carbonyl (C=O) groups excluding carboxylic acids is 1. The first-order valence-electron chi connectivity index (χ1n) is 9.41. The lowest BCUT2D eigenvalue weighted by molar-refractivity contribution is -0.139. The largest absolute Gasteiger partial charge is 0.493 e. The summed E-state index contributed by atoms with van der Waals surface area (Å²) in [6.45, 7) is 2.46. The number of hydrogen-bond donors (Lipinski definition) is 1. The van der Waals surface area contributed by atoms with Gasteiger partial charge >= 0.3 is 5.97 Å². The normalized spacial score (nSPS) is 11.4. The molecule has 0 fully saturated rings. The summed E-state index contributed by atoms with van der Waals surface area (Å²) in [5.74, 6) is 11.9. The first-order valence-corrected chi connectivity index (χ1v) is 9.41. The quantitative estimate of drug-likeness (QED) is 0.306. The highest BCUT2D eigenvalue weighted by atomic mass is 16.5. The molecule has 0 bridgehead atoms. The molecule has 148 valence electrons. The van der Waals surface area contributed by atoms with E-state index < -0.39 is 6.10 Å². The number of hydrogen-bond acceptors (Lipinski definition) is 4. The third kappa shape index (κ3) is 11.6. The topological polar surface area (TPSA) is 55.8 Å². The third-order valence-corrected chi connectivity index (χ3v) is 3.60. The number of rotatable bonds is 9. The molecule has 1 N–H and O–H groups in total. The highest BCUT2D eigenvalue weighted by Crippen LogP contribution is 2.13. The molecule has 1 atom stereocenters. The van der Waals surface area contributed by atoms with Crippen molar-refractivity contribution < 1.29 is 19.4 Å². The zero-order valence-corrected chi connectivity index (χ0v) is 16.6. The van der Waals surface area contributed by atoms with Gasteiger partial charge in [-0.25, -0.2) is 0 Å². The molecule has 0 saturated heterocycles. The minimum atomic E-state index is -0.754. The zero-order chi connectivity index (χ0) is 20.5. The number of methoxy groups -OCH3 is 1. The number of aliphatic hydroxyl groups is 1. The number of aliphatic hydroxyl groups excluding tert-OH is 1. The minimum absolute atomic E-state index is 0.235. The van der Waals surface area contributed by atoms with Crippen molar-refractivity contribution in [1.29, 1.82) is 0 Å². The highest BCUT2D eigenvalue weighted by Gasteiger charge is 2.03. The van der Waals surface area contributed by atoms with Gasteiger partial charge < -0.3 is 14.6 Å². The zero-order valence-electron chi connectivity index (χ0n) is 16.6. The van der Waals surface area contributed by atoms with E-state index in [-0.39, 0.29) is 12.4 Å². The molecular weight excluding hydrogens is 352 g/mol. The molecule has 0 aliphatic rings. The van der Waals surface area contributed by atoms with Crippen LogP contribution in [0.2, 0.25) is 0 Å². The average molecular weight is 380 g/mol. The number of benzene rings is 1. The summed E-state index contributed by atoms with van der Waals surface area (Å²) in [7, 11) is 1.37. The van der Waals surface area contributed by atoms with Crippen LogP contribution in [0.25, 0.3) is 0 Å². The van der Waals surface area contributed by atoms with Gasteiger partial charge in [-0.1, -0.05) is 54.9 Å². The fraction of sp³-hybridized carbons (Fsp3) is 0.375. The van der Waals surface area contributed by atoms with Crippen LogP contribution in [0.1, 0.15) is 38.2 Å². The predicted molar refractivity (Wildman–Crippen MR) is 112 cm³/mol. The third-order valence-electron chi connectivity index (χ3n) is 3.60. The van der Waals surface area contributed by atoms with Gasteiger partial charge in [0.05, 0.1) is 20.1 Å². The Morgan fingerprint density at radius 1 is 1.18 bits per heavy atom.